The fourth-order valence-corrected chi connectivity index (χ4v) is 1.27. The average molecular weight is 213 g/mol. The normalized spacial score (nSPS) is 14.9. The molecular weight excluding hydrogens is 197 g/mol. The first kappa shape index (κ1) is 12.0. The van der Waals surface area contributed by atoms with Crippen LogP contribution in [-0.4, -0.2) is 21.3 Å². The number of aliphatic hydroxyl groups excluding tert-OH is 1. The van der Waals surface area contributed by atoms with Gasteiger partial charge in [0.15, 0.2) is 5.82 Å². The molecule has 1 heterocycles. The van der Waals surface area contributed by atoms with Crippen molar-refractivity contribution in [2.24, 2.45) is 0 Å². The molecule has 0 bridgehead atoms. The molecular formula is C10H16FN3O. The summed E-state index contributed by atoms with van der Waals surface area (Å²) in [6.07, 6.45) is 3.23. The van der Waals surface area contributed by atoms with Gasteiger partial charge in [0.2, 0.25) is 0 Å². The maximum atomic E-state index is 12.5. The van der Waals surface area contributed by atoms with Gasteiger partial charge in [-0.25, -0.2) is 14.4 Å². The van der Waals surface area contributed by atoms with E-state index in [4.69, 9.17) is 0 Å². The lowest BCUT2D eigenvalue weighted by atomic mass is 10.2. The molecule has 4 nitrogen and oxygen atoms in total. The Morgan fingerprint density at radius 2 is 2.07 bits per heavy atom. The van der Waals surface area contributed by atoms with Gasteiger partial charge in [0.1, 0.15) is 12.1 Å². The van der Waals surface area contributed by atoms with Crippen molar-refractivity contribution in [2.75, 3.05) is 0 Å². The molecule has 0 saturated heterocycles. The van der Waals surface area contributed by atoms with Crippen LogP contribution in [-0.2, 0) is 0 Å². The zero-order valence-corrected chi connectivity index (χ0v) is 8.94. The number of rotatable bonds is 5. The SMILES string of the molecule is CCCC(O)N[C@@H](C)c1ncc(F)cn1. The van der Waals surface area contributed by atoms with E-state index in [1.807, 2.05) is 13.8 Å². The van der Waals surface area contributed by atoms with Crippen LogP contribution < -0.4 is 5.32 Å². The van der Waals surface area contributed by atoms with Crippen molar-refractivity contribution >= 4 is 0 Å². The van der Waals surface area contributed by atoms with Crippen LogP contribution in [0.25, 0.3) is 0 Å². The molecule has 0 aliphatic heterocycles. The van der Waals surface area contributed by atoms with Gasteiger partial charge < -0.3 is 5.11 Å². The third kappa shape index (κ3) is 3.89. The lowest BCUT2D eigenvalue weighted by Gasteiger charge is -2.17. The number of hydrogen-bond acceptors (Lipinski definition) is 4. The Bertz CT molecular complexity index is 291. The van der Waals surface area contributed by atoms with Gasteiger partial charge in [0, 0.05) is 0 Å². The minimum atomic E-state index is -0.571. The number of nitrogens with one attached hydrogen (secondary N) is 1. The molecule has 0 aliphatic rings. The summed E-state index contributed by atoms with van der Waals surface area (Å²) in [5.41, 5.74) is 0. The molecule has 0 fully saturated rings. The largest absolute Gasteiger partial charge is 0.379 e. The Labute approximate surface area is 88.6 Å². The Morgan fingerprint density at radius 1 is 1.47 bits per heavy atom. The van der Waals surface area contributed by atoms with Gasteiger partial charge in [0.05, 0.1) is 18.4 Å². The number of hydrogen-bond donors (Lipinski definition) is 2. The minimum Gasteiger partial charge on any atom is -0.379 e. The maximum absolute atomic E-state index is 12.5. The van der Waals surface area contributed by atoms with E-state index >= 15 is 0 Å². The van der Waals surface area contributed by atoms with Gasteiger partial charge in [-0.15, -0.1) is 0 Å². The molecule has 0 amide bonds. The summed E-state index contributed by atoms with van der Waals surface area (Å²) >= 11 is 0. The van der Waals surface area contributed by atoms with Gasteiger partial charge >= 0.3 is 0 Å². The molecule has 2 N–H and O–H groups in total. The highest BCUT2D eigenvalue weighted by molar-refractivity contribution is 4.96. The molecule has 1 rings (SSSR count). The highest BCUT2D eigenvalue weighted by Gasteiger charge is 2.12. The highest BCUT2D eigenvalue weighted by Crippen LogP contribution is 2.07. The molecule has 0 spiro atoms. The number of nitrogens with zero attached hydrogens (tertiary/aromatic N) is 2. The molecule has 0 saturated carbocycles. The number of aromatic nitrogens is 2. The van der Waals surface area contributed by atoms with Crippen molar-refractivity contribution in [1.29, 1.82) is 0 Å². The summed E-state index contributed by atoms with van der Waals surface area (Å²) in [6.45, 7) is 3.82. The van der Waals surface area contributed by atoms with Crippen molar-refractivity contribution in [2.45, 2.75) is 39.0 Å². The third-order valence-corrected chi connectivity index (χ3v) is 2.03. The van der Waals surface area contributed by atoms with E-state index < -0.39 is 12.0 Å². The van der Waals surface area contributed by atoms with Gasteiger partial charge in [-0.05, 0) is 13.3 Å². The zero-order chi connectivity index (χ0) is 11.3. The van der Waals surface area contributed by atoms with Gasteiger partial charge in [-0.3, -0.25) is 5.32 Å². The summed E-state index contributed by atoms with van der Waals surface area (Å²) in [4.78, 5) is 7.66. The highest BCUT2D eigenvalue weighted by atomic mass is 19.1. The second-order valence-electron chi connectivity index (χ2n) is 3.45. The lowest BCUT2D eigenvalue weighted by molar-refractivity contribution is 0.113. The van der Waals surface area contributed by atoms with E-state index in [1.54, 1.807) is 0 Å². The van der Waals surface area contributed by atoms with Crippen molar-refractivity contribution in [3.63, 3.8) is 0 Å². The average Bonchev–Trinajstić information content (AvgIpc) is 2.18. The van der Waals surface area contributed by atoms with Gasteiger partial charge in [-0.1, -0.05) is 13.3 Å². The fraction of sp³-hybridized carbons (Fsp3) is 0.600. The van der Waals surface area contributed by atoms with E-state index in [-0.39, 0.29) is 6.04 Å². The first-order valence-electron chi connectivity index (χ1n) is 5.05. The summed E-state index contributed by atoms with van der Waals surface area (Å²) in [6, 6.07) is -0.188. The van der Waals surface area contributed by atoms with E-state index in [2.05, 4.69) is 15.3 Å². The second-order valence-corrected chi connectivity index (χ2v) is 3.45. The topological polar surface area (TPSA) is 58.0 Å². The number of aliphatic hydroxyl groups is 1. The van der Waals surface area contributed by atoms with Crippen LogP contribution in [0.4, 0.5) is 4.39 Å². The molecule has 2 atom stereocenters. The predicted octanol–water partition coefficient (Wildman–Crippen LogP) is 1.38. The van der Waals surface area contributed by atoms with Crippen molar-refractivity contribution in [3.05, 3.63) is 24.0 Å². The fourth-order valence-electron chi connectivity index (χ4n) is 1.27. The first-order chi connectivity index (χ1) is 7.13. The summed E-state index contributed by atoms with van der Waals surface area (Å²) in [5.74, 6) is 0.0200. The van der Waals surface area contributed by atoms with E-state index in [9.17, 15) is 9.50 Å². The van der Waals surface area contributed by atoms with Crippen LogP contribution in [0.5, 0.6) is 0 Å². The standard InChI is InChI=1S/C10H16FN3O/c1-3-4-9(15)14-7(2)10-12-5-8(11)6-13-10/h5-7,9,14-15H,3-4H2,1-2H3/t7-,9?/m0/s1. The molecule has 1 unspecified atom stereocenters. The smallest absolute Gasteiger partial charge is 0.159 e. The minimum absolute atomic E-state index is 0.188. The Kier molecular flexibility index (Phi) is 4.58. The Morgan fingerprint density at radius 3 is 2.60 bits per heavy atom. The second kappa shape index (κ2) is 5.72. The Hall–Kier alpha value is -1.07. The van der Waals surface area contributed by atoms with Crippen LogP contribution in [0.1, 0.15) is 38.6 Å². The molecule has 1 aromatic rings. The van der Waals surface area contributed by atoms with Crippen molar-refractivity contribution < 1.29 is 9.50 Å². The molecule has 0 radical (unpaired) electrons. The molecule has 0 aromatic carbocycles. The van der Waals surface area contributed by atoms with E-state index in [0.717, 1.165) is 18.8 Å². The lowest BCUT2D eigenvalue weighted by Crippen LogP contribution is -2.32. The van der Waals surface area contributed by atoms with Crippen molar-refractivity contribution in [1.82, 2.24) is 15.3 Å². The summed E-state index contributed by atoms with van der Waals surface area (Å²) < 4.78 is 12.5. The zero-order valence-electron chi connectivity index (χ0n) is 8.94. The quantitative estimate of drug-likeness (QED) is 0.725. The van der Waals surface area contributed by atoms with Gasteiger partial charge in [-0.2, -0.15) is 0 Å². The van der Waals surface area contributed by atoms with Crippen LogP contribution in [0, 0.1) is 5.82 Å². The summed E-state index contributed by atoms with van der Waals surface area (Å²) in [7, 11) is 0. The van der Waals surface area contributed by atoms with Crippen LogP contribution in [0.15, 0.2) is 12.4 Å². The maximum Gasteiger partial charge on any atom is 0.159 e. The van der Waals surface area contributed by atoms with E-state index in [1.165, 1.54) is 0 Å². The van der Waals surface area contributed by atoms with Crippen LogP contribution in [0.3, 0.4) is 0 Å². The van der Waals surface area contributed by atoms with E-state index in [0.29, 0.717) is 12.2 Å². The molecule has 15 heavy (non-hydrogen) atoms. The molecule has 1 aromatic heterocycles. The van der Waals surface area contributed by atoms with Gasteiger partial charge in [0.25, 0.3) is 0 Å². The summed E-state index contributed by atoms with van der Waals surface area (Å²) in [5, 5.41) is 12.4. The molecule has 5 heteroatoms. The van der Waals surface area contributed by atoms with Crippen LogP contribution in [0.2, 0.25) is 0 Å². The number of halogens is 1. The Balaban J connectivity index is 2.53. The molecule has 84 valence electrons. The molecule has 0 aliphatic carbocycles. The van der Waals surface area contributed by atoms with Crippen molar-refractivity contribution in [3.8, 4) is 0 Å². The third-order valence-electron chi connectivity index (χ3n) is 2.03. The first-order valence-corrected chi connectivity index (χ1v) is 5.05. The monoisotopic (exact) mass is 213 g/mol. The van der Waals surface area contributed by atoms with Crippen LogP contribution >= 0.6 is 0 Å². The predicted molar refractivity (Wildman–Crippen MR) is 54.5 cm³/mol.